The van der Waals surface area contributed by atoms with Crippen molar-refractivity contribution in [1.82, 2.24) is 9.97 Å². The number of aromatic nitrogens is 2. The SMILES string of the molecule is C=CCO[C@H](c1ccnc2ccccc12)[C@@H]1C[C@@H]2CC[N+]1(Cc1cccc(C[N+]34CC[C@@H](C[C@H]3[C@H](OCC=C)c3ccnc5ccccc35)[C@@H](CC)C4)c1F)C[C@@H]2CC.[Br-].[Br-]. The molecule has 0 saturated carbocycles. The number of para-hydroxylation sites is 2. The number of piperidine rings is 6. The molecule has 0 N–H and O–H groups in total. The van der Waals surface area contributed by atoms with E-state index in [2.05, 4.69) is 106 Å². The highest BCUT2D eigenvalue weighted by molar-refractivity contribution is 5.83. The van der Waals surface area contributed by atoms with Crippen molar-refractivity contribution in [2.24, 2.45) is 23.7 Å². The smallest absolute Gasteiger partial charge is 0.140 e. The number of fused-ring (bicyclic) bond motifs is 8. The molecule has 2 unspecified atom stereocenters. The standard InChI is InChI=1S/C52H63FN4O2.2BrH/c1-5-28-58-51(44-20-24-54-46-18-11-9-16-42(44)46)48-30-38-22-26-56(48,32-36(38)7-3)34-40-14-13-15-41(50(40)53)35-57-27-23-39(37(8-4)33-57)31-49(57)52(59-29-6-2)45-21-25-55-47-19-12-10-17-43(45)47;;/h5-6,9-21,24-25,36-39,48-49,51-52H,1-2,7-8,22-23,26-35H2,3-4H3;2*1H/q+2;;/p-2/t36-,37-,38-,39-,48-,49-,51+,52+,56?,57?;;/m0../s1. The minimum absolute atomic E-state index is 0. The first-order chi connectivity index (χ1) is 28.9. The molecule has 6 aliphatic rings. The molecule has 0 radical (unpaired) electrons. The van der Waals surface area contributed by atoms with Crippen molar-refractivity contribution in [3.8, 4) is 0 Å². The van der Waals surface area contributed by atoms with Crippen LogP contribution in [0.1, 0.15) is 86.8 Å². The predicted molar refractivity (Wildman–Crippen MR) is 236 cm³/mol. The van der Waals surface area contributed by atoms with Crippen LogP contribution in [-0.2, 0) is 22.6 Å². The summed E-state index contributed by atoms with van der Waals surface area (Å²) in [7, 11) is 0. The van der Waals surface area contributed by atoms with Crippen LogP contribution in [0.2, 0.25) is 0 Å². The lowest BCUT2D eigenvalue weighted by Gasteiger charge is -2.59. The van der Waals surface area contributed by atoms with Crippen molar-refractivity contribution in [2.45, 2.75) is 89.8 Å². The van der Waals surface area contributed by atoms with Gasteiger partial charge >= 0.3 is 0 Å². The van der Waals surface area contributed by atoms with Crippen molar-refractivity contribution in [1.29, 1.82) is 0 Å². The van der Waals surface area contributed by atoms with E-state index in [0.29, 0.717) is 50.0 Å². The van der Waals surface area contributed by atoms with Gasteiger partial charge in [-0.3, -0.25) is 9.97 Å². The van der Waals surface area contributed by atoms with Gasteiger partial charge in [0.2, 0.25) is 0 Å². The van der Waals surface area contributed by atoms with Gasteiger partial charge in [0.05, 0.1) is 50.4 Å². The lowest BCUT2D eigenvalue weighted by Crippen LogP contribution is -3.00. The summed E-state index contributed by atoms with van der Waals surface area (Å²) in [5, 5.41) is 2.28. The Morgan fingerprint density at radius 3 is 1.52 bits per heavy atom. The molecule has 10 atom stereocenters. The molecule has 61 heavy (non-hydrogen) atoms. The number of quaternary nitrogens is 2. The third kappa shape index (κ3) is 8.57. The number of nitrogens with zero attached hydrogens (tertiary/aromatic N) is 4. The van der Waals surface area contributed by atoms with E-state index < -0.39 is 0 Å². The summed E-state index contributed by atoms with van der Waals surface area (Å²) in [6.07, 6.45) is 14.1. The van der Waals surface area contributed by atoms with Crippen LogP contribution in [0.25, 0.3) is 21.8 Å². The summed E-state index contributed by atoms with van der Waals surface area (Å²) >= 11 is 0. The molecule has 2 aromatic heterocycles. The van der Waals surface area contributed by atoms with E-state index >= 15 is 4.39 Å². The molecule has 9 heteroatoms. The molecule has 6 aliphatic heterocycles. The van der Waals surface area contributed by atoms with Crippen LogP contribution in [0.15, 0.2) is 117 Å². The molecule has 0 amide bonds. The van der Waals surface area contributed by atoms with E-state index in [1.807, 2.05) is 24.5 Å². The summed E-state index contributed by atoms with van der Waals surface area (Å²) in [4.78, 5) is 9.43. The Hall–Kier alpha value is -3.31. The Bertz CT molecular complexity index is 2140. The summed E-state index contributed by atoms with van der Waals surface area (Å²) in [5.74, 6) is 2.54. The van der Waals surface area contributed by atoms with Gasteiger partial charge in [-0.05, 0) is 60.1 Å². The average molecular weight is 955 g/mol. The summed E-state index contributed by atoms with van der Waals surface area (Å²) in [5.41, 5.74) is 6.03. The molecular formula is C52H63Br2FN4O2. The molecule has 3 aromatic carbocycles. The molecule has 8 heterocycles. The predicted octanol–water partition coefficient (Wildman–Crippen LogP) is 5.09. The van der Waals surface area contributed by atoms with E-state index in [0.717, 1.165) is 93.8 Å². The zero-order valence-corrected chi connectivity index (χ0v) is 39.2. The Morgan fingerprint density at radius 1 is 0.656 bits per heavy atom. The first-order valence-corrected chi connectivity index (χ1v) is 22.5. The van der Waals surface area contributed by atoms with Gasteiger partial charge in [-0.15, -0.1) is 13.2 Å². The zero-order chi connectivity index (χ0) is 40.6. The number of pyridine rings is 2. The lowest BCUT2D eigenvalue weighted by molar-refractivity contribution is -0.986. The normalized spacial score (nSPS) is 28.8. The maximum atomic E-state index is 17.8. The van der Waals surface area contributed by atoms with Crippen molar-refractivity contribution >= 4 is 21.8 Å². The van der Waals surface area contributed by atoms with Crippen LogP contribution in [0.5, 0.6) is 0 Å². The van der Waals surface area contributed by atoms with Gasteiger partial charge in [0, 0.05) is 71.8 Å². The van der Waals surface area contributed by atoms with Gasteiger partial charge in [0.1, 0.15) is 43.2 Å². The van der Waals surface area contributed by atoms with E-state index in [9.17, 15) is 0 Å². The number of rotatable bonds is 16. The van der Waals surface area contributed by atoms with E-state index in [1.54, 1.807) is 0 Å². The second-order valence-corrected chi connectivity index (χ2v) is 18.4. The number of hydrogen-bond acceptors (Lipinski definition) is 4. The molecule has 11 rings (SSSR count). The van der Waals surface area contributed by atoms with Crippen molar-refractivity contribution in [2.75, 3.05) is 39.4 Å². The number of halogens is 3. The van der Waals surface area contributed by atoms with Gasteiger partial charge in [-0.1, -0.05) is 80.6 Å². The second kappa shape index (κ2) is 19.6. The fourth-order valence-electron chi connectivity index (χ4n) is 12.7. The maximum absolute atomic E-state index is 17.8. The van der Waals surface area contributed by atoms with Gasteiger partial charge < -0.3 is 52.4 Å². The summed E-state index contributed by atoms with van der Waals surface area (Å²) in [6.45, 7) is 19.2. The lowest BCUT2D eigenvalue weighted by atomic mass is 9.70. The van der Waals surface area contributed by atoms with Crippen LogP contribution < -0.4 is 34.0 Å². The van der Waals surface area contributed by atoms with Gasteiger partial charge in [0.25, 0.3) is 0 Å². The van der Waals surface area contributed by atoms with E-state index in [1.165, 1.54) is 24.0 Å². The minimum Gasteiger partial charge on any atom is -1.00 e. The van der Waals surface area contributed by atoms with Gasteiger partial charge in [0.15, 0.2) is 0 Å². The summed E-state index contributed by atoms with van der Waals surface area (Å²) < 4.78 is 33.2. The van der Waals surface area contributed by atoms with E-state index in [-0.39, 0.29) is 64.1 Å². The van der Waals surface area contributed by atoms with Crippen molar-refractivity contribution in [3.05, 3.63) is 145 Å². The van der Waals surface area contributed by atoms with Crippen molar-refractivity contribution < 1.29 is 56.8 Å². The Morgan fingerprint density at radius 2 is 1.10 bits per heavy atom. The monoisotopic (exact) mass is 952 g/mol. The van der Waals surface area contributed by atoms with Crippen LogP contribution in [0.4, 0.5) is 4.39 Å². The first kappa shape index (κ1) is 45.7. The summed E-state index contributed by atoms with van der Waals surface area (Å²) in [6, 6.07) is 27.9. The molecule has 5 aromatic rings. The van der Waals surface area contributed by atoms with Crippen LogP contribution in [0, 0.1) is 29.5 Å². The number of ether oxygens (including phenoxy) is 2. The largest absolute Gasteiger partial charge is 1.00 e. The highest BCUT2D eigenvalue weighted by Crippen LogP contribution is 2.52. The third-order valence-corrected chi connectivity index (χ3v) is 15.6. The van der Waals surface area contributed by atoms with E-state index in [4.69, 9.17) is 19.4 Å². The third-order valence-electron chi connectivity index (χ3n) is 15.6. The average Bonchev–Trinajstić information content (AvgIpc) is 3.28. The molecule has 4 bridgehead atoms. The second-order valence-electron chi connectivity index (χ2n) is 18.4. The Labute approximate surface area is 384 Å². The highest BCUT2D eigenvalue weighted by Gasteiger charge is 2.57. The zero-order valence-electron chi connectivity index (χ0n) is 36.0. The fraction of sp³-hybridized carbons (Fsp3) is 0.462. The van der Waals surface area contributed by atoms with Crippen molar-refractivity contribution in [3.63, 3.8) is 0 Å². The fourth-order valence-corrected chi connectivity index (χ4v) is 12.7. The Balaban J connectivity index is 0.00000281. The molecule has 6 nitrogen and oxygen atoms in total. The maximum Gasteiger partial charge on any atom is 0.140 e. The van der Waals surface area contributed by atoms with Crippen LogP contribution >= 0.6 is 0 Å². The minimum atomic E-state index is -0.149. The highest BCUT2D eigenvalue weighted by atomic mass is 79.9. The Kier molecular flexibility index (Phi) is 14.7. The van der Waals surface area contributed by atoms with Gasteiger partial charge in [-0.2, -0.15) is 0 Å². The molecule has 6 fully saturated rings. The molecule has 6 saturated heterocycles. The van der Waals surface area contributed by atoms with Gasteiger partial charge in [-0.25, -0.2) is 4.39 Å². The quantitative estimate of drug-likeness (QED) is 0.102. The number of benzene rings is 3. The molecule has 0 aliphatic carbocycles. The first-order valence-electron chi connectivity index (χ1n) is 22.5. The van der Waals surface area contributed by atoms with Crippen LogP contribution in [0.3, 0.4) is 0 Å². The van der Waals surface area contributed by atoms with Crippen LogP contribution in [-0.4, -0.2) is 70.4 Å². The molecule has 324 valence electrons. The topological polar surface area (TPSA) is 44.2 Å². The number of hydrogen-bond donors (Lipinski definition) is 0. The molecule has 0 spiro atoms. The molecular weight excluding hydrogens is 891 g/mol.